The van der Waals surface area contributed by atoms with Gasteiger partial charge in [0.05, 0.1) is 5.69 Å². The van der Waals surface area contributed by atoms with Crippen LogP contribution in [-0.2, 0) is 16.2 Å². The fraction of sp³-hybridized carbons (Fsp3) is 0.145. The van der Waals surface area contributed by atoms with Crippen molar-refractivity contribution in [3.8, 4) is 89.1 Å². The number of fused-ring (bicyclic) bond motifs is 9. The molecule has 0 saturated heterocycles. The average Bonchev–Trinajstić information content (AvgIpc) is 3.80. The van der Waals surface area contributed by atoms with Crippen LogP contribution in [0.2, 0.25) is 0 Å². The number of aromatic nitrogens is 1. The summed E-state index contributed by atoms with van der Waals surface area (Å²) in [5.41, 5.74) is 28.1. The summed E-state index contributed by atoms with van der Waals surface area (Å²) in [5.74, 6) is 0. The highest BCUT2D eigenvalue weighted by Crippen LogP contribution is 2.54. The van der Waals surface area contributed by atoms with Crippen molar-refractivity contribution in [1.29, 1.82) is 0 Å². The third-order valence-corrected chi connectivity index (χ3v) is 15.0. The first-order chi connectivity index (χ1) is 30.5. The summed E-state index contributed by atoms with van der Waals surface area (Å²) in [7, 11) is 0. The molecule has 3 aliphatic rings. The van der Waals surface area contributed by atoms with Gasteiger partial charge in [-0.15, -0.1) is 0 Å². The van der Waals surface area contributed by atoms with Gasteiger partial charge >= 0.3 is 0 Å². The second-order valence-corrected chi connectivity index (χ2v) is 19.6. The number of pyridine rings is 1. The highest BCUT2D eigenvalue weighted by Gasteiger charge is 2.39. The monoisotopic (exact) mass is 807 g/mol. The summed E-state index contributed by atoms with van der Waals surface area (Å²) in [4.78, 5) is 4.65. The Balaban J connectivity index is 0.926. The van der Waals surface area contributed by atoms with E-state index in [9.17, 15) is 0 Å². The highest BCUT2D eigenvalue weighted by molar-refractivity contribution is 5.93. The predicted octanol–water partition coefficient (Wildman–Crippen LogP) is 16.3. The molecular formula is C62H49N. The number of hydrogen-bond acceptors (Lipinski definition) is 1. The van der Waals surface area contributed by atoms with Gasteiger partial charge in [0.1, 0.15) is 0 Å². The van der Waals surface area contributed by atoms with E-state index >= 15 is 0 Å². The van der Waals surface area contributed by atoms with E-state index in [-0.39, 0.29) is 16.2 Å². The van der Waals surface area contributed by atoms with Gasteiger partial charge in [0.15, 0.2) is 0 Å². The van der Waals surface area contributed by atoms with Crippen LogP contribution in [-0.4, -0.2) is 4.98 Å². The van der Waals surface area contributed by atoms with Gasteiger partial charge in [-0.2, -0.15) is 0 Å². The van der Waals surface area contributed by atoms with Crippen molar-refractivity contribution < 1.29 is 0 Å². The molecule has 0 amide bonds. The highest BCUT2D eigenvalue weighted by atomic mass is 14.7. The largest absolute Gasteiger partial charge is 0.256 e. The zero-order chi connectivity index (χ0) is 42.8. The van der Waals surface area contributed by atoms with Gasteiger partial charge in [0, 0.05) is 28.0 Å². The van der Waals surface area contributed by atoms with Crippen LogP contribution in [0.1, 0.15) is 74.9 Å². The SMILES string of the molecule is CC1(C)c2cc(-c3ccc4c(c3)C(C)(C)c3cc(-c5cc(-c6ccccc6)ccc5-c5ccc6c(c5)C(C)(C)c5ccccc5-6)ccc3-4)ccc2-c2ccc(-c3ccccn3)cc21. The van der Waals surface area contributed by atoms with Crippen LogP contribution in [0.25, 0.3) is 89.1 Å². The number of hydrogen-bond donors (Lipinski definition) is 0. The fourth-order valence-corrected chi connectivity index (χ4v) is 11.4. The Bertz CT molecular complexity index is 3340. The molecule has 0 atom stereocenters. The minimum Gasteiger partial charge on any atom is -0.256 e. The van der Waals surface area contributed by atoms with Crippen molar-refractivity contribution in [2.75, 3.05) is 0 Å². The number of rotatable bonds is 5. The smallest absolute Gasteiger partial charge is 0.0702 e. The molecule has 0 N–H and O–H groups in total. The third kappa shape index (κ3) is 5.58. The summed E-state index contributed by atoms with van der Waals surface area (Å²) in [6.45, 7) is 14.3. The molecule has 1 heterocycles. The van der Waals surface area contributed by atoms with E-state index in [1.165, 1.54) is 111 Å². The minimum absolute atomic E-state index is 0.0696. The minimum atomic E-state index is -0.189. The maximum absolute atomic E-state index is 4.65. The molecule has 8 aromatic carbocycles. The summed E-state index contributed by atoms with van der Waals surface area (Å²) in [6, 6.07) is 68.5. The first kappa shape index (κ1) is 37.7. The molecule has 1 aromatic heterocycles. The van der Waals surface area contributed by atoms with Gasteiger partial charge in [-0.1, -0.05) is 175 Å². The molecule has 63 heavy (non-hydrogen) atoms. The quantitative estimate of drug-likeness (QED) is 0.169. The second-order valence-electron chi connectivity index (χ2n) is 19.6. The summed E-state index contributed by atoms with van der Waals surface area (Å²) < 4.78 is 0. The maximum atomic E-state index is 4.65. The van der Waals surface area contributed by atoms with Crippen molar-refractivity contribution in [2.45, 2.75) is 57.8 Å². The lowest BCUT2D eigenvalue weighted by molar-refractivity contribution is 0.659. The topological polar surface area (TPSA) is 12.9 Å². The molecule has 0 saturated carbocycles. The Morgan fingerprint density at radius 2 is 0.635 bits per heavy atom. The summed E-state index contributed by atoms with van der Waals surface area (Å²) >= 11 is 0. The Kier molecular flexibility index (Phi) is 8.04. The van der Waals surface area contributed by atoms with Crippen molar-refractivity contribution in [3.05, 3.63) is 222 Å². The second kappa shape index (κ2) is 13.5. The number of nitrogens with zero attached hydrogens (tertiary/aromatic N) is 1. The van der Waals surface area contributed by atoms with Crippen LogP contribution in [0.5, 0.6) is 0 Å². The number of benzene rings is 8. The van der Waals surface area contributed by atoms with Crippen LogP contribution in [0.15, 0.2) is 188 Å². The van der Waals surface area contributed by atoms with Gasteiger partial charge in [-0.3, -0.25) is 4.98 Å². The molecular weight excluding hydrogens is 759 g/mol. The molecule has 0 spiro atoms. The lowest BCUT2D eigenvalue weighted by atomic mass is 9.79. The van der Waals surface area contributed by atoms with Crippen LogP contribution in [0.3, 0.4) is 0 Å². The lowest BCUT2D eigenvalue weighted by Crippen LogP contribution is -2.15. The van der Waals surface area contributed by atoms with E-state index in [1.807, 2.05) is 12.3 Å². The molecule has 3 aliphatic carbocycles. The van der Waals surface area contributed by atoms with Crippen LogP contribution >= 0.6 is 0 Å². The van der Waals surface area contributed by atoms with E-state index < -0.39 is 0 Å². The van der Waals surface area contributed by atoms with Crippen molar-refractivity contribution in [1.82, 2.24) is 4.98 Å². The van der Waals surface area contributed by atoms with Crippen molar-refractivity contribution >= 4 is 0 Å². The molecule has 302 valence electrons. The fourth-order valence-electron chi connectivity index (χ4n) is 11.4. The molecule has 0 aliphatic heterocycles. The molecule has 12 rings (SSSR count). The summed E-state index contributed by atoms with van der Waals surface area (Å²) in [6.07, 6.45) is 1.88. The predicted molar refractivity (Wildman–Crippen MR) is 264 cm³/mol. The van der Waals surface area contributed by atoms with Gasteiger partial charge in [-0.05, 0) is 160 Å². The Labute approximate surface area is 371 Å². The molecule has 0 bridgehead atoms. The average molecular weight is 808 g/mol. The molecule has 1 heteroatoms. The van der Waals surface area contributed by atoms with Crippen LogP contribution in [0.4, 0.5) is 0 Å². The maximum Gasteiger partial charge on any atom is 0.0702 e. The Morgan fingerprint density at radius 3 is 1.17 bits per heavy atom. The van der Waals surface area contributed by atoms with Gasteiger partial charge in [0.25, 0.3) is 0 Å². The summed E-state index contributed by atoms with van der Waals surface area (Å²) in [5, 5.41) is 0. The molecule has 0 radical (unpaired) electrons. The van der Waals surface area contributed by atoms with E-state index in [0.29, 0.717) is 0 Å². The van der Waals surface area contributed by atoms with E-state index in [2.05, 4.69) is 222 Å². The van der Waals surface area contributed by atoms with Crippen molar-refractivity contribution in [3.63, 3.8) is 0 Å². The van der Waals surface area contributed by atoms with Crippen LogP contribution in [0, 0.1) is 0 Å². The molecule has 9 aromatic rings. The van der Waals surface area contributed by atoms with E-state index in [1.54, 1.807) is 0 Å². The van der Waals surface area contributed by atoms with E-state index in [4.69, 9.17) is 0 Å². The van der Waals surface area contributed by atoms with Gasteiger partial charge in [-0.25, -0.2) is 0 Å². The van der Waals surface area contributed by atoms with Gasteiger partial charge < -0.3 is 0 Å². The first-order valence-corrected chi connectivity index (χ1v) is 22.4. The first-order valence-electron chi connectivity index (χ1n) is 22.4. The van der Waals surface area contributed by atoms with Gasteiger partial charge in [0.2, 0.25) is 0 Å². The molecule has 0 unspecified atom stereocenters. The van der Waals surface area contributed by atoms with Crippen molar-refractivity contribution in [2.24, 2.45) is 0 Å². The van der Waals surface area contributed by atoms with Crippen LogP contribution < -0.4 is 0 Å². The standard InChI is InChI=1S/C62H49N/c1-60(2)53-17-11-10-16-46(53)47-28-22-42(35-56(47)60)45-25-19-39(38-14-8-7-9-15-38)32-52(45)43-23-29-50-48-26-20-40(33-54(48)61(3,4)57(50)36-43)41-21-27-49-51-30-24-44(59-18-12-13-31-63-59)37-58(51)62(5,6)55(49)34-41/h7-37H,1-6H3. The Hall–Kier alpha value is -7.09. The molecule has 1 nitrogen and oxygen atoms in total. The zero-order valence-electron chi connectivity index (χ0n) is 36.8. The third-order valence-electron chi connectivity index (χ3n) is 15.0. The lowest BCUT2D eigenvalue weighted by Gasteiger charge is -2.24. The molecule has 0 fully saturated rings. The van der Waals surface area contributed by atoms with E-state index in [0.717, 1.165) is 11.3 Å². The normalized spacial score (nSPS) is 15.2. The zero-order valence-corrected chi connectivity index (χ0v) is 36.8. The Morgan fingerprint density at radius 1 is 0.254 bits per heavy atom.